The minimum absolute atomic E-state index is 0.0203. The fraction of sp³-hybridized carbons (Fsp3) is 0.318. The van der Waals surface area contributed by atoms with Gasteiger partial charge in [0.25, 0.3) is 5.91 Å². The average molecular weight is 525 g/mol. The van der Waals surface area contributed by atoms with Gasteiger partial charge >= 0.3 is 6.18 Å². The third-order valence-corrected chi connectivity index (χ3v) is 6.23. The summed E-state index contributed by atoms with van der Waals surface area (Å²) in [4.78, 5) is 21.1. The lowest BCUT2D eigenvalue weighted by atomic mass is 10.1. The quantitative estimate of drug-likeness (QED) is 0.452. The third kappa shape index (κ3) is 5.66. The van der Waals surface area contributed by atoms with E-state index in [1.165, 1.54) is 23.3 Å². The Labute approximate surface area is 207 Å². The van der Waals surface area contributed by atoms with Gasteiger partial charge in [-0.15, -0.1) is 23.2 Å². The molecule has 1 aliphatic rings. The molecule has 2 aromatic heterocycles. The van der Waals surface area contributed by atoms with E-state index in [0.29, 0.717) is 17.8 Å². The number of pyridine rings is 1. The smallest absolute Gasteiger partial charge is 0.416 e. The van der Waals surface area contributed by atoms with Crippen molar-refractivity contribution >= 4 is 29.1 Å². The number of hydrogen-bond donors (Lipinski definition) is 1. The molecule has 0 aliphatic heterocycles. The van der Waals surface area contributed by atoms with Crippen LogP contribution in [-0.4, -0.2) is 36.6 Å². The Morgan fingerprint density at radius 3 is 2.69 bits per heavy atom. The molecule has 1 fully saturated rings. The van der Waals surface area contributed by atoms with Crippen LogP contribution in [0.4, 0.5) is 13.2 Å². The number of amides is 1. The van der Waals surface area contributed by atoms with Crippen LogP contribution < -0.4 is 10.1 Å². The highest BCUT2D eigenvalue weighted by Crippen LogP contribution is 2.53. The lowest BCUT2D eigenvalue weighted by Gasteiger charge is -2.16. The first-order valence-corrected chi connectivity index (χ1v) is 11.0. The highest BCUT2D eigenvalue weighted by atomic mass is 35.5. The fourth-order valence-electron chi connectivity index (χ4n) is 3.27. The third-order valence-electron chi connectivity index (χ3n) is 5.31. The molecule has 1 saturated carbocycles. The number of alkyl halides is 5. The summed E-state index contributed by atoms with van der Waals surface area (Å²) in [5.41, 5.74) is -0.927. The Kier molecular flexibility index (Phi) is 6.62. The lowest BCUT2D eigenvalue weighted by molar-refractivity contribution is -0.137. The second-order valence-corrected chi connectivity index (χ2v) is 9.50. The van der Waals surface area contributed by atoms with E-state index in [4.69, 9.17) is 33.2 Å². The first kappa shape index (κ1) is 24.8. The van der Waals surface area contributed by atoms with Gasteiger partial charge in [0.2, 0.25) is 0 Å². The zero-order chi connectivity index (χ0) is 25.4. The monoisotopic (exact) mass is 524 g/mol. The van der Waals surface area contributed by atoms with E-state index in [9.17, 15) is 18.0 Å². The first-order chi connectivity index (χ1) is 16.5. The molecule has 1 aliphatic carbocycles. The molecule has 13 heteroatoms. The van der Waals surface area contributed by atoms with Crippen LogP contribution in [0.15, 0.2) is 42.9 Å². The molecule has 0 bridgehead atoms. The van der Waals surface area contributed by atoms with Crippen molar-refractivity contribution in [3.63, 3.8) is 0 Å². The van der Waals surface area contributed by atoms with Gasteiger partial charge in [-0.2, -0.15) is 28.2 Å². The number of rotatable bonds is 7. The number of nitrogens with zero attached hydrogens (tertiary/aromatic N) is 5. The van der Waals surface area contributed by atoms with Crippen molar-refractivity contribution < 1.29 is 22.7 Å². The zero-order valence-corrected chi connectivity index (χ0v) is 19.6. The van der Waals surface area contributed by atoms with Crippen molar-refractivity contribution in [2.75, 3.05) is 6.61 Å². The highest BCUT2D eigenvalue weighted by Gasteiger charge is 2.52. The second kappa shape index (κ2) is 9.36. The summed E-state index contributed by atoms with van der Waals surface area (Å²) in [5, 5.41) is 15.6. The molecule has 0 radical (unpaired) electrons. The van der Waals surface area contributed by atoms with Crippen LogP contribution in [-0.2, 0) is 6.18 Å². The molecule has 8 nitrogen and oxygen atoms in total. The molecule has 1 N–H and O–H groups in total. The van der Waals surface area contributed by atoms with E-state index >= 15 is 0 Å². The maximum absolute atomic E-state index is 13.4. The Bertz CT molecular complexity index is 1290. The Hall–Kier alpha value is -3.36. The van der Waals surface area contributed by atoms with Crippen molar-refractivity contribution in [2.24, 2.45) is 5.92 Å². The maximum atomic E-state index is 13.4. The van der Waals surface area contributed by atoms with Crippen LogP contribution in [0.1, 0.15) is 46.7 Å². The van der Waals surface area contributed by atoms with Crippen LogP contribution in [0.2, 0.25) is 0 Å². The van der Waals surface area contributed by atoms with E-state index in [-0.39, 0.29) is 29.7 Å². The van der Waals surface area contributed by atoms with Gasteiger partial charge in [0.05, 0.1) is 23.8 Å². The van der Waals surface area contributed by atoms with E-state index in [1.807, 2.05) is 6.07 Å². The van der Waals surface area contributed by atoms with Crippen molar-refractivity contribution in [1.29, 1.82) is 5.26 Å². The Balaban J connectivity index is 1.53. The number of carbonyl (C=O) groups excluding carboxylic acids is 1. The molecule has 0 spiro atoms. The topological polar surface area (TPSA) is 106 Å². The van der Waals surface area contributed by atoms with Crippen molar-refractivity contribution in [2.45, 2.75) is 29.9 Å². The van der Waals surface area contributed by atoms with Gasteiger partial charge in [-0.3, -0.25) is 4.79 Å². The summed E-state index contributed by atoms with van der Waals surface area (Å²) < 4.78 is 46.2. The molecule has 35 heavy (non-hydrogen) atoms. The largest absolute Gasteiger partial charge is 0.493 e. The van der Waals surface area contributed by atoms with Crippen molar-refractivity contribution in [3.8, 4) is 17.6 Å². The number of hydrogen-bond acceptors (Lipinski definition) is 6. The van der Waals surface area contributed by atoms with Crippen molar-refractivity contribution in [1.82, 2.24) is 25.1 Å². The van der Waals surface area contributed by atoms with Gasteiger partial charge in [-0.25, -0.2) is 9.97 Å². The van der Waals surface area contributed by atoms with Gasteiger partial charge in [0.1, 0.15) is 22.5 Å². The molecule has 1 aromatic carbocycles. The number of aromatic nitrogens is 4. The summed E-state index contributed by atoms with van der Waals surface area (Å²) in [7, 11) is 0. The molecule has 3 aromatic rings. The number of halogens is 5. The van der Waals surface area contributed by atoms with E-state index < -0.39 is 28.0 Å². The molecule has 182 valence electrons. The van der Waals surface area contributed by atoms with E-state index in [2.05, 4.69) is 20.4 Å². The summed E-state index contributed by atoms with van der Waals surface area (Å²) in [5.74, 6) is -0.472. The number of benzene rings is 1. The zero-order valence-electron chi connectivity index (χ0n) is 18.1. The second-order valence-electron chi connectivity index (χ2n) is 7.96. The predicted molar refractivity (Wildman–Crippen MR) is 119 cm³/mol. The normalized spacial score (nSPS) is 17.3. The molecule has 2 heterocycles. The van der Waals surface area contributed by atoms with Crippen LogP contribution in [0.25, 0.3) is 5.82 Å². The van der Waals surface area contributed by atoms with Gasteiger partial charge in [-0.1, -0.05) is 0 Å². The Morgan fingerprint density at radius 1 is 1.34 bits per heavy atom. The van der Waals surface area contributed by atoms with Crippen LogP contribution in [0, 0.1) is 17.2 Å². The number of nitrogens with one attached hydrogen (secondary N) is 1. The average Bonchev–Trinajstić information content (AvgIpc) is 3.19. The minimum Gasteiger partial charge on any atom is -0.493 e. The molecule has 4 rings (SSSR count). The van der Waals surface area contributed by atoms with E-state index in [1.54, 1.807) is 19.1 Å². The summed E-state index contributed by atoms with van der Waals surface area (Å²) in [6.45, 7) is 1.62. The van der Waals surface area contributed by atoms with Crippen LogP contribution in [0.3, 0.4) is 0 Å². The van der Waals surface area contributed by atoms with Gasteiger partial charge in [0, 0.05) is 17.7 Å². The van der Waals surface area contributed by atoms with Crippen molar-refractivity contribution in [3.05, 3.63) is 65.4 Å². The van der Waals surface area contributed by atoms with E-state index in [0.717, 1.165) is 12.1 Å². The maximum Gasteiger partial charge on any atom is 0.416 e. The summed E-state index contributed by atoms with van der Waals surface area (Å²) in [6, 6.07) is 7.08. The fourth-order valence-corrected chi connectivity index (χ4v) is 3.77. The standard InChI is InChI=1S/C22H17Cl2F3N6O2/c1-12(19-30-11-31-33(19)18-3-2-13(8-28)9-29-18)32-20(34)14-4-15(22(25,26)27)6-17(5-14)35-10-16-7-21(16,23)24/h2-6,9,11-12,16H,7,10H2,1H3,(H,32,34)/t12-,16?/m0/s1. The molecular weight excluding hydrogens is 508 g/mol. The molecule has 1 amide bonds. The number of carbonyl (C=O) groups is 1. The molecule has 2 atom stereocenters. The van der Waals surface area contributed by atoms with Crippen LogP contribution >= 0.6 is 23.2 Å². The highest BCUT2D eigenvalue weighted by molar-refractivity contribution is 6.50. The SMILES string of the molecule is C[C@H](NC(=O)c1cc(OCC2CC2(Cl)Cl)cc(C(F)(F)F)c1)c1ncnn1-c1ccc(C#N)cn1. The Morgan fingerprint density at radius 2 is 2.09 bits per heavy atom. The molecule has 1 unspecified atom stereocenters. The first-order valence-electron chi connectivity index (χ1n) is 10.3. The van der Waals surface area contributed by atoms with Gasteiger partial charge in [0.15, 0.2) is 11.6 Å². The lowest BCUT2D eigenvalue weighted by Crippen LogP contribution is -2.29. The number of ether oxygens (including phenoxy) is 1. The predicted octanol–water partition coefficient (Wildman–Crippen LogP) is 4.62. The molecular formula is C22H17Cl2F3N6O2. The molecule has 0 saturated heterocycles. The number of nitriles is 1. The van der Waals surface area contributed by atoms with Gasteiger partial charge in [-0.05, 0) is 43.7 Å². The van der Waals surface area contributed by atoms with Crippen LogP contribution in [0.5, 0.6) is 5.75 Å². The minimum atomic E-state index is -4.69. The summed E-state index contributed by atoms with van der Waals surface area (Å²) >= 11 is 11.9. The summed E-state index contributed by atoms with van der Waals surface area (Å²) in [6.07, 6.45) is -1.62. The van der Waals surface area contributed by atoms with Gasteiger partial charge < -0.3 is 10.1 Å².